The SMILES string of the molecule is c1ccc(-c2ccc3cc(-c4nc(-c5ccc(-c6cc(-c7ccccc7)c7c(c6)sc6ccccc67)cc5)nc(-c5ccc6ccccc6c5)n4)ccc3c2)cc1. The molecule has 0 spiro atoms. The van der Waals surface area contributed by atoms with Crippen molar-refractivity contribution in [3.8, 4) is 67.5 Å². The van der Waals surface area contributed by atoms with Crippen LogP contribution in [0.15, 0.2) is 200 Å². The predicted molar refractivity (Wildman–Crippen MR) is 240 cm³/mol. The Kier molecular flexibility index (Phi) is 8.01. The minimum Gasteiger partial charge on any atom is -0.208 e. The highest BCUT2D eigenvalue weighted by molar-refractivity contribution is 7.26. The van der Waals surface area contributed by atoms with Crippen LogP contribution in [0.4, 0.5) is 0 Å². The Balaban J connectivity index is 1.02. The lowest BCUT2D eigenvalue weighted by molar-refractivity contribution is 1.08. The Bertz CT molecular complexity index is 3280. The average molecular weight is 744 g/mol. The molecular weight excluding hydrogens is 711 g/mol. The van der Waals surface area contributed by atoms with Crippen LogP contribution in [0.1, 0.15) is 0 Å². The van der Waals surface area contributed by atoms with Crippen LogP contribution in [-0.2, 0) is 0 Å². The van der Waals surface area contributed by atoms with E-state index in [9.17, 15) is 0 Å². The van der Waals surface area contributed by atoms with Crippen molar-refractivity contribution in [3.05, 3.63) is 200 Å². The number of thiophene rings is 1. The van der Waals surface area contributed by atoms with Gasteiger partial charge < -0.3 is 0 Å². The van der Waals surface area contributed by atoms with E-state index in [1.165, 1.54) is 58.8 Å². The summed E-state index contributed by atoms with van der Waals surface area (Å²) in [4.78, 5) is 15.4. The van der Waals surface area contributed by atoms with Crippen LogP contribution in [0.2, 0.25) is 0 Å². The normalized spacial score (nSPS) is 11.5. The quantitative estimate of drug-likeness (QED) is 0.170. The van der Waals surface area contributed by atoms with Gasteiger partial charge in [-0.1, -0.05) is 164 Å². The first-order valence-electron chi connectivity index (χ1n) is 19.2. The van der Waals surface area contributed by atoms with Gasteiger partial charge in [0.25, 0.3) is 0 Å². The number of nitrogens with zero attached hydrogens (tertiary/aromatic N) is 3. The molecule has 0 aliphatic carbocycles. The molecule has 9 aromatic carbocycles. The minimum absolute atomic E-state index is 0.638. The van der Waals surface area contributed by atoms with Crippen LogP contribution in [0.3, 0.4) is 0 Å². The zero-order valence-corrected chi connectivity index (χ0v) is 31.6. The number of fused-ring (bicyclic) bond motifs is 5. The average Bonchev–Trinajstić information content (AvgIpc) is 3.67. The van der Waals surface area contributed by atoms with Crippen LogP contribution in [0, 0.1) is 0 Å². The van der Waals surface area contributed by atoms with E-state index in [1.54, 1.807) is 0 Å². The van der Waals surface area contributed by atoms with Crippen molar-refractivity contribution in [2.24, 2.45) is 0 Å². The number of aromatic nitrogens is 3. The highest BCUT2D eigenvalue weighted by atomic mass is 32.1. The highest BCUT2D eigenvalue weighted by Crippen LogP contribution is 2.43. The minimum atomic E-state index is 0.638. The molecule has 57 heavy (non-hydrogen) atoms. The summed E-state index contributed by atoms with van der Waals surface area (Å²) in [5.41, 5.74) is 10.0. The zero-order valence-electron chi connectivity index (χ0n) is 30.8. The van der Waals surface area contributed by atoms with Crippen molar-refractivity contribution in [2.75, 3.05) is 0 Å². The fourth-order valence-corrected chi connectivity index (χ4v) is 9.14. The highest BCUT2D eigenvalue weighted by Gasteiger charge is 2.16. The molecule has 11 aromatic rings. The molecule has 0 aliphatic heterocycles. The van der Waals surface area contributed by atoms with Crippen molar-refractivity contribution in [1.29, 1.82) is 0 Å². The molecule has 0 unspecified atom stereocenters. The molecule has 0 fully saturated rings. The predicted octanol–water partition coefficient (Wildman–Crippen LogP) is 14.5. The molecule has 0 bridgehead atoms. The van der Waals surface area contributed by atoms with E-state index in [1.807, 2.05) is 11.3 Å². The van der Waals surface area contributed by atoms with E-state index in [0.717, 1.165) is 33.0 Å². The third kappa shape index (κ3) is 6.13. The number of rotatable bonds is 6. The maximum atomic E-state index is 5.13. The van der Waals surface area contributed by atoms with Gasteiger partial charge in [-0.05, 0) is 91.3 Å². The van der Waals surface area contributed by atoms with Gasteiger partial charge >= 0.3 is 0 Å². The molecule has 0 amide bonds. The van der Waals surface area contributed by atoms with Crippen LogP contribution in [0.25, 0.3) is 109 Å². The largest absolute Gasteiger partial charge is 0.208 e. The van der Waals surface area contributed by atoms with E-state index < -0.39 is 0 Å². The first kappa shape index (κ1) is 33.1. The lowest BCUT2D eigenvalue weighted by Gasteiger charge is -2.12. The number of hydrogen-bond acceptors (Lipinski definition) is 4. The molecule has 0 atom stereocenters. The fraction of sp³-hybridized carbons (Fsp3) is 0. The Labute approximate surface area is 334 Å². The standard InChI is InChI=1S/C53H33N3S/c1-3-11-34(12-4-1)40-24-25-42-31-44(28-26-41(42)29-40)53-55-51(54-52(56-53)43-27-21-35-13-7-8-16-39(35)30-43)38-22-19-36(20-23-38)45-32-47(37-14-5-2-6-15-37)50-46-17-9-10-18-48(46)57-49(50)33-45/h1-33H. The summed E-state index contributed by atoms with van der Waals surface area (Å²) in [5, 5.41) is 7.24. The van der Waals surface area contributed by atoms with Gasteiger partial charge in [-0.25, -0.2) is 15.0 Å². The van der Waals surface area contributed by atoms with E-state index in [2.05, 4.69) is 200 Å². The lowest BCUT2D eigenvalue weighted by atomic mass is 9.94. The number of benzene rings is 9. The van der Waals surface area contributed by atoms with Gasteiger partial charge in [0.05, 0.1) is 0 Å². The van der Waals surface area contributed by atoms with Gasteiger partial charge in [0.15, 0.2) is 17.5 Å². The molecule has 2 aromatic heterocycles. The van der Waals surface area contributed by atoms with Gasteiger partial charge in [-0.3, -0.25) is 0 Å². The van der Waals surface area contributed by atoms with Crippen molar-refractivity contribution >= 4 is 53.1 Å². The topological polar surface area (TPSA) is 38.7 Å². The third-order valence-electron chi connectivity index (χ3n) is 10.9. The Morgan fingerprint density at radius 2 is 0.754 bits per heavy atom. The molecule has 11 rings (SSSR count). The van der Waals surface area contributed by atoms with Crippen molar-refractivity contribution in [1.82, 2.24) is 15.0 Å². The second-order valence-electron chi connectivity index (χ2n) is 14.4. The van der Waals surface area contributed by atoms with Gasteiger partial charge in [0, 0.05) is 36.9 Å². The summed E-state index contributed by atoms with van der Waals surface area (Å²) in [6.07, 6.45) is 0. The Morgan fingerprint density at radius 3 is 1.46 bits per heavy atom. The van der Waals surface area contributed by atoms with Crippen molar-refractivity contribution < 1.29 is 0 Å². The Hall–Kier alpha value is -7.27. The summed E-state index contributed by atoms with van der Waals surface area (Å²) < 4.78 is 2.58. The molecule has 0 saturated heterocycles. The van der Waals surface area contributed by atoms with Crippen LogP contribution in [0.5, 0.6) is 0 Å². The first-order chi connectivity index (χ1) is 28.2. The molecule has 0 radical (unpaired) electrons. The summed E-state index contributed by atoms with van der Waals surface area (Å²) in [6, 6.07) is 71.2. The van der Waals surface area contributed by atoms with Crippen molar-refractivity contribution in [3.63, 3.8) is 0 Å². The summed E-state index contributed by atoms with van der Waals surface area (Å²) >= 11 is 1.85. The number of hydrogen-bond donors (Lipinski definition) is 0. The second-order valence-corrected chi connectivity index (χ2v) is 15.5. The van der Waals surface area contributed by atoms with E-state index in [-0.39, 0.29) is 0 Å². The van der Waals surface area contributed by atoms with Gasteiger partial charge in [-0.15, -0.1) is 11.3 Å². The van der Waals surface area contributed by atoms with E-state index in [4.69, 9.17) is 15.0 Å². The zero-order chi connectivity index (χ0) is 37.7. The van der Waals surface area contributed by atoms with Crippen molar-refractivity contribution in [2.45, 2.75) is 0 Å². The van der Waals surface area contributed by atoms with E-state index in [0.29, 0.717) is 17.5 Å². The van der Waals surface area contributed by atoms with E-state index >= 15 is 0 Å². The maximum absolute atomic E-state index is 5.13. The molecule has 0 saturated carbocycles. The van der Waals surface area contributed by atoms with Gasteiger partial charge in [-0.2, -0.15) is 0 Å². The van der Waals surface area contributed by atoms with Gasteiger partial charge in [0.2, 0.25) is 0 Å². The smallest absolute Gasteiger partial charge is 0.164 e. The molecule has 3 nitrogen and oxygen atoms in total. The molecule has 4 heteroatoms. The molecule has 0 N–H and O–H groups in total. The first-order valence-corrected chi connectivity index (χ1v) is 20.0. The molecule has 2 heterocycles. The summed E-state index contributed by atoms with van der Waals surface area (Å²) in [6.45, 7) is 0. The summed E-state index contributed by atoms with van der Waals surface area (Å²) in [7, 11) is 0. The lowest BCUT2D eigenvalue weighted by Crippen LogP contribution is -2.00. The van der Waals surface area contributed by atoms with Crippen LogP contribution >= 0.6 is 11.3 Å². The summed E-state index contributed by atoms with van der Waals surface area (Å²) in [5.74, 6) is 1.93. The molecule has 0 aliphatic rings. The van der Waals surface area contributed by atoms with Crippen LogP contribution < -0.4 is 0 Å². The Morgan fingerprint density at radius 1 is 0.281 bits per heavy atom. The fourth-order valence-electron chi connectivity index (χ4n) is 7.96. The third-order valence-corrected chi connectivity index (χ3v) is 12.0. The second kappa shape index (κ2) is 13.8. The molecular formula is C53H33N3S. The maximum Gasteiger partial charge on any atom is 0.164 e. The molecule has 266 valence electrons. The monoisotopic (exact) mass is 743 g/mol. The van der Waals surface area contributed by atoms with Crippen LogP contribution in [-0.4, -0.2) is 15.0 Å². The van der Waals surface area contributed by atoms with Gasteiger partial charge in [0.1, 0.15) is 0 Å².